The standard InChI is InChI=1S/C13H18O3/c1-9(2)11-8-10(5-7-13(14)15)4-6-12(11)16-3/h4,6,8-9H,5,7H2,1-3H3,(H,14,15). The molecular formula is C13H18O3. The van der Waals surface area contributed by atoms with Gasteiger partial charge in [0.2, 0.25) is 0 Å². The molecule has 1 aromatic carbocycles. The zero-order valence-corrected chi connectivity index (χ0v) is 9.99. The van der Waals surface area contributed by atoms with Crippen LogP contribution in [0.1, 0.15) is 37.3 Å². The van der Waals surface area contributed by atoms with Crippen molar-refractivity contribution in [2.24, 2.45) is 0 Å². The van der Waals surface area contributed by atoms with Crippen LogP contribution in [0, 0.1) is 0 Å². The zero-order valence-electron chi connectivity index (χ0n) is 9.99. The van der Waals surface area contributed by atoms with E-state index in [0.29, 0.717) is 12.3 Å². The molecule has 1 N–H and O–H groups in total. The van der Waals surface area contributed by atoms with Crippen molar-refractivity contribution in [3.8, 4) is 5.75 Å². The number of hydrogen-bond acceptors (Lipinski definition) is 2. The van der Waals surface area contributed by atoms with Crippen LogP contribution in [0.25, 0.3) is 0 Å². The Kier molecular flexibility index (Phi) is 4.35. The Morgan fingerprint density at radius 3 is 2.62 bits per heavy atom. The lowest BCUT2D eigenvalue weighted by Crippen LogP contribution is -2.00. The maximum absolute atomic E-state index is 10.5. The average Bonchev–Trinajstić information content (AvgIpc) is 2.25. The Balaban J connectivity index is 2.89. The summed E-state index contributed by atoms with van der Waals surface area (Å²) in [6, 6.07) is 5.87. The Hall–Kier alpha value is -1.51. The first-order valence-corrected chi connectivity index (χ1v) is 5.43. The highest BCUT2D eigenvalue weighted by atomic mass is 16.5. The van der Waals surface area contributed by atoms with Crippen molar-refractivity contribution >= 4 is 5.97 Å². The number of hydrogen-bond donors (Lipinski definition) is 1. The van der Waals surface area contributed by atoms with Gasteiger partial charge < -0.3 is 9.84 Å². The number of aliphatic carboxylic acids is 1. The molecule has 0 radical (unpaired) electrons. The monoisotopic (exact) mass is 222 g/mol. The highest BCUT2D eigenvalue weighted by molar-refractivity contribution is 5.67. The molecule has 16 heavy (non-hydrogen) atoms. The van der Waals surface area contributed by atoms with E-state index in [9.17, 15) is 4.79 Å². The zero-order chi connectivity index (χ0) is 12.1. The number of aryl methyl sites for hydroxylation is 1. The van der Waals surface area contributed by atoms with Gasteiger partial charge in [-0.25, -0.2) is 0 Å². The van der Waals surface area contributed by atoms with Gasteiger partial charge in [0.25, 0.3) is 0 Å². The summed E-state index contributed by atoms with van der Waals surface area (Å²) in [5.74, 6) is 0.482. The van der Waals surface area contributed by atoms with Crippen molar-refractivity contribution in [1.29, 1.82) is 0 Å². The van der Waals surface area contributed by atoms with Gasteiger partial charge in [0.1, 0.15) is 5.75 Å². The SMILES string of the molecule is COc1ccc(CCC(=O)O)cc1C(C)C. The molecule has 0 saturated carbocycles. The van der Waals surface area contributed by atoms with E-state index in [2.05, 4.69) is 13.8 Å². The third kappa shape index (κ3) is 3.26. The lowest BCUT2D eigenvalue weighted by Gasteiger charge is -2.13. The third-order valence-electron chi connectivity index (χ3n) is 2.54. The number of rotatable bonds is 5. The van der Waals surface area contributed by atoms with E-state index in [0.717, 1.165) is 16.9 Å². The molecule has 0 unspecified atom stereocenters. The number of carboxylic acids is 1. The predicted octanol–water partition coefficient (Wildman–Crippen LogP) is 2.84. The first-order valence-electron chi connectivity index (χ1n) is 5.43. The van der Waals surface area contributed by atoms with E-state index < -0.39 is 5.97 Å². The lowest BCUT2D eigenvalue weighted by atomic mass is 9.98. The van der Waals surface area contributed by atoms with E-state index in [1.165, 1.54) is 0 Å². The van der Waals surface area contributed by atoms with Gasteiger partial charge >= 0.3 is 5.97 Å². The van der Waals surface area contributed by atoms with Gasteiger partial charge in [0.15, 0.2) is 0 Å². The topological polar surface area (TPSA) is 46.5 Å². The van der Waals surface area contributed by atoms with Crippen LogP contribution >= 0.6 is 0 Å². The maximum Gasteiger partial charge on any atom is 0.303 e. The van der Waals surface area contributed by atoms with Crippen LogP contribution in [0.2, 0.25) is 0 Å². The van der Waals surface area contributed by atoms with Crippen LogP contribution in [0.4, 0.5) is 0 Å². The minimum atomic E-state index is -0.762. The fourth-order valence-corrected chi connectivity index (χ4v) is 1.64. The van der Waals surface area contributed by atoms with Crippen LogP contribution in [0.3, 0.4) is 0 Å². The minimum Gasteiger partial charge on any atom is -0.496 e. The molecule has 0 saturated heterocycles. The smallest absolute Gasteiger partial charge is 0.303 e. The fraction of sp³-hybridized carbons (Fsp3) is 0.462. The number of carbonyl (C=O) groups is 1. The van der Waals surface area contributed by atoms with Crippen LogP contribution in [0.5, 0.6) is 5.75 Å². The van der Waals surface area contributed by atoms with Crippen molar-refractivity contribution in [2.75, 3.05) is 7.11 Å². The molecule has 3 heteroatoms. The molecule has 0 aliphatic carbocycles. The van der Waals surface area contributed by atoms with Gasteiger partial charge in [-0.1, -0.05) is 26.0 Å². The van der Waals surface area contributed by atoms with Crippen molar-refractivity contribution in [2.45, 2.75) is 32.6 Å². The van der Waals surface area contributed by atoms with E-state index in [-0.39, 0.29) is 6.42 Å². The molecule has 0 amide bonds. The van der Waals surface area contributed by atoms with Crippen molar-refractivity contribution in [1.82, 2.24) is 0 Å². The van der Waals surface area contributed by atoms with Gasteiger partial charge in [0, 0.05) is 6.42 Å². The quantitative estimate of drug-likeness (QED) is 0.833. The largest absolute Gasteiger partial charge is 0.496 e. The molecular weight excluding hydrogens is 204 g/mol. The highest BCUT2D eigenvalue weighted by Gasteiger charge is 2.08. The van der Waals surface area contributed by atoms with Crippen LogP contribution in [0.15, 0.2) is 18.2 Å². The van der Waals surface area contributed by atoms with Gasteiger partial charge in [-0.05, 0) is 29.5 Å². The van der Waals surface area contributed by atoms with Gasteiger partial charge in [0.05, 0.1) is 7.11 Å². The summed E-state index contributed by atoms with van der Waals surface area (Å²) in [6.07, 6.45) is 0.739. The van der Waals surface area contributed by atoms with Crippen molar-refractivity contribution < 1.29 is 14.6 Å². The van der Waals surface area contributed by atoms with E-state index in [4.69, 9.17) is 9.84 Å². The van der Waals surface area contributed by atoms with Gasteiger partial charge in [-0.15, -0.1) is 0 Å². The van der Waals surface area contributed by atoms with E-state index in [1.807, 2.05) is 18.2 Å². The Morgan fingerprint density at radius 1 is 1.44 bits per heavy atom. The van der Waals surface area contributed by atoms with E-state index >= 15 is 0 Å². The molecule has 0 bridgehead atoms. The summed E-state index contributed by atoms with van der Waals surface area (Å²) in [6.45, 7) is 4.19. The second kappa shape index (κ2) is 5.54. The first-order chi connectivity index (χ1) is 7.54. The molecule has 0 fully saturated rings. The number of benzene rings is 1. The summed E-state index contributed by atoms with van der Waals surface area (Å²) >= 11 is 0. The second-order valence-electron chi connectivity index (χ2n) is 4.12. The summed E-state index contributed by atoms with van der Waals surface area (Å²) < 4.78 is 5.27. The summed E-state index contributed by atoms with van der Waals surface area (Å²) in [7, 11) is 1.65. The normalized spacial score (nSPS) is 10.5. The van der Waals surface area contributed by atoms with Crippen LogP contribution in [-0.4, -0.2) is 18.2 Å². The summed E-state index contributed by atoms with van der Waals surface area (Å²) in [5.41, 5.74) is 2.18. The van der Waals surface area contributed by atoms with Crippen LogP contribution in [-0.2, 0) is 11.2 Å². The highest BCUT2D eigenvalue weighted by Crippen LogP contribution is 2.27. The molecule has 0 aliphatic heterocycles. The number of carboxylic acid groups (broad SMARTS) is 1. The number of methoxy groups -OCH3 is 1. The Morgan fingerprint density at radius 2 is 2.12 bits per heavy atom. The second-order valence-corrected chi connectivity index (χ2v) is 4.12. The molecule has 88 valence electrons. The van der Waals surface area contributed by atoms with Crippen molar-refractivity contribution in [3.63, 3.8) is 0 Å². The first kappa shape index (κ1) is 12.6. The molecule has 0 aliphatic rings. The molecule has 0 atom stereocenters. The fourth-order valence-electron chi connectivity index (χ4n) is 1.64. The summed E-state index contributed by atoms with van der Waals surface area (Å²) in [4.78, 5) is 10.5. The molecule has 0 aromatic heterocycles. The van der Waals surface area contributed by atoms with Crippen molar-refractivity contribution in [3.05, 3.63) is 29.3 Å². The van der Waals surface area contributed by atoms with Crippen LogP contribution < -0.4 is 4.74 Å². The van der Waals surface area contributed by atoms with Gasteiger partial charge in [-0.2, -0.15) is 0 Å². The molecule has 1 rings (SSSR count). The average molecular weight is 222 g/mol. The predicted molar refractivity (Wildman–Crippen MR) is 63.0 cm³/mol. The van der Waals surface area contributed by atoms with E-state index in [1.54, 1.807) is 7.11 Å². The maximum atomic E-state index is 10.5. The summed E-state index contributed by atoms with van der Waals surface area (Å²) in [5, 5.41) is 8.63. The molecule has 0 spiro atoms. The molecule has 1 aromatic rings. The van der Waals surface area contributed by atoms with Gasteiger partial charge in [-0.3, -0.25) is 4.79 Å². The molecule has 0 heterocycles. The number of ether oxygens (including phenoxy) is 1. The third-order valence-corrected chi connectivity index (χ3v) is 2.54. The lowest BCUT2D eigenvalue weighted by molar-refractivity contribution is -0.136. The molecule has 3 nitrogen and oxygen atoms in total. The Labute approximate surface area is 96.1 Å². The Bertz CT molecular complexity index is 369. The minimum absolute atomic E-state index is 0.171.